The van der Waals surface area contributed by atoms with Gasteiger partial charge in [-0.05, 0) is 25.7 Å². The van der Waals surface area contributed by atoms with Crippen molar-refractivity contribution in [3.8, 4) is 45.4 Å². The summed E-state index contributed by atoms with van der Waals surface area (Å²) in [6.07, 6.45) is 7.05. The van der Waals surface area contributed by atoms with Crippen molar-refractivity contribution in [1.82, 2.24) is 30.6 Å². The van der Waals surface area contributed by atoms with Gasteiger partial charge in [-0.2, -0.15) is 0 Å². The second kappa shape index (κ2) is 16.0. The minimum Gasteiger partial charge on any atom is -0.480 e. The number of carbonyl (C=O) groups is 1. The molecule has 5 N–H and O–H groups in total. The van der Waals surface area contributed by atoms with E-state index in [2.05, 4.69) is 25.6 Å². The van der Waals surface area contributed by atoms with E-state index in [1.165, 1.54) is 7.11 Å². The van der Waals surface area contributed by atoms with E-state index in [1.54, 1.807) is 19.5 Å². The third kappa shape index (κ3) is 7.70. The average molecular weight is 698 g/mol. The maximum atomic E-state index is 11.5. The molecule has 2 aromatic carbocycles. The average Bonchev–Trinajstić information content (AvgIpc) is 3.54. The Morgan fingerprint density at radius 1 is 0.854 bits per heavy atom. The number of aryl methyl sites for hydroxylation is 1. The quantitative estimate of drug-likeness (QED) is 0.122. The van der Waals surface area contributed by atoms with E-state index in [0.717, 1.165) is 25.0 Å². The summed E-state index contributed by atoms with van der Waals surface area (Å²) in [7, 11) is 3.02. The molecular weight excluding hydrogens is 659 g/mol. The highest BCUT2D eigenvalue weighted by molar-refractivity contribution is 6.39. The van der Waals surface area contributed by atoms with Crippen molar-refractivity contribution in [2.75, 3.05) is 34.0 Å². The second-order valence-corrected chi connectivity index (χ2v) is 12.3. The molecule has 254 valence electrons. The molecule has 0 radical (unpaired) electrons. The molecule has 0 bridgehead atoms. The molecule has 0 spiro atoms. The maximum absolute atomic E-state index is 11.5. The van der Waals surface area contributed by atoms with Crippen LogP contribution in [0.5, 0.6) is 11.8 Å². The lowest BCUT2D eigenvalue weighted by Gasteiger charge is -2.28. The van der Waals surface area contributed by atoms with Crippen molar-refractivity contribution >= 4 is 29.1 Å². The van der Waals surface area contributed by atoms with Gasteiger partial charge < -0.3 is 30.1 Å². The molecule has 0 unspecified atom stereocenters. The fourth-order valence-electron chi connectivity index (χ4n) is 5.55. The van der Waals surface area contributed by atoms with E-state index in [0.29, 0.717) is 68.1 Å². The predicted molar refractivity (Wildman–Crippen MR) is 182 cm³/mol. The molecule has 1 saturated heterocycles. The van der Waals surface area contributed by atoms with Crippen molar-refractivity contribution in [2.24, 2.45) is 0 Å². The number of aromatic nitrogens is 4. The first-order chi connectivity index (χ1) is 23.3. The molecule has 3 heterocycles. The van der Waals surface area contributed by atoms with E-state index in [9.17, 15) is 20.1 Å². The van der Waals surface area contributed by atoms with Crippen molar-refractivity contribution < 1.29 is 29.6 Å². The van der Waals surface area contributed by atoms with E-state index < -0.39 is 25.4 Å². The van der Waals surface area contributed by atoms with Crippen LogP contribution in [0.2, 0.25) is 10.0 Å². The van der Waals surface area contributed by atoms with E-state index in [1.807, 2.05) is 36.4 Å². The summed E-state index contributed by atoms with van der Waals surface area (Å²) in [5, 5.41) is 35.6. The highest BCUT2D eigenvalue weighted by atomic mass is 35.5. The number of halogens is 2. The molecule has 1 amide bonds. The second-order valence-electron chi connectivity index (χ2n) is 11.6. The lowest BCUT2D eigenvalue weighted by atomic mass is 9.98. The van der Waals surface area contributed by atoms with Gasteiger partial charge in [0.15, 0.2) is 0 Å². The Kier molecular flexibility index (Phi) is 11.8. The first-order valence-electron chi connectivity index (χ1n) is 15.5. The van der Waals surface area contributed by atoms with Crippen LogP contribution in [0.25, 0.3) is 33.6 Å². The third-order valence-electron chi connectivity index (χ3n) is 8.44. The van der Waals surface area contributed by atoms with Crippen LogP contribution in [0.4, 0.5) is 0 Å². The van der Waals surface area contributed by atoms with Gasteiger partial charge in [0.2, 0.25) is 17.7 Å². The van der Waals surface area contributed by atoms with Crippen molar-refractivity contribution in [3.63, 3.8) is 0 Å². The Morgan fingerprint density at radius 3 is 1.88 bits per heavy atom. The van der Waals surface area contributed by atoms with Crippen LogP contribution < -0.4 is 20.1 Å². The van der Waals surface area contributed by atoms with Crippen molar-refractivity contribution in [2.45, 2.75) is 50.2 Å². The summed E-state index contributed by atoms with van der Waals surface area (Å²) in [5.41, 5.74) is 3.46. The minimum absolute atomic E-state index is 0.0725. The number of methoxy groups -OCH3 is 2. The zero-order chi connectivity index (χ0) is 34.3. The first kappa shape index (κ1) is 35.4. The molecule has 12 nitrogen and oxygen atoms in total. The van der Waals surface area contributed by atoms with E-state index >= 15 is 0 Å². The number of amides is 1. The Labute approximate surface area is 288 Å². The lowest BCUT2D eigenvalue weighted by molar-refractivity contribution is -0.119. The Bertz CT molecular complexity index is 1750. The molecule has 2 aromatic heterocycles. The number of carbonyl (C=O) groups excluding carboxylic acids is 1. The van der Waals surface area contributed by atoms with Crippen LogP contribution in [0, 0.1) is 0 Å². The topological polar surface area (TPSA) is 172 Å². The van der Waals surface area contributed by atoms with E-state index in [-0.39, 0.29) is 24.4 Å². The SMILES string of the molecule is COc1nc(-c2cccc(-c3cccc(-c4cnc(CNC(CO)(CO)CO)c(OC)n4)c3Cl)c2Cl)cnc1CCC[C@@H]1CCC(=O)N1. The van der Waals surface area contributed by atoms with Crippen molar-refractivity contribution in [1.29, 1.82) is 0 Å². The fraction of sp³-hybridized carbons (Fsp3) is 0.382. The number of benzene rings is 2. The maximum Gasteiger partial charge on any atom is 0.237 e. The molecule has 1 aliphatic heterocycles. The largest absolute Gasteiger partial charge is 0.480 e. The Morgan fingerprint density at radius 2 is 1.38 bits per heavy atom. The number of hydrogen-bond acceptors (Lipinski definition) is 11. The van der Waals surface area contributed by atoms with Gasteiger partial charge in [-0.3, -0.25) is 20.1 Å². The van der Waals surface area contributed by atoms with Gasteiger partial charge in [0.25, 0.3) is 0 Å². The zero-order valence-corrected chi connectivity index (χ0v) is 28.2. The number of hydrogen-bond donors (Lipinski definition) is 5. The van der Waals surface area contributed by atoms with Crippen LogP contribution in [-0.4, -0.2) is 86.8 Å². The molecule has 0 saturated carbocycles. The minimum atomic E-state index is -1.29. The Balaban J connectivity index is 1.39. The Hall–Kier alpha value is -3.91. The predicted octanol–water partition coefficient (Wildman–Crippen LogP) is 4.00. The number of aliphatic hydroxyl groups is 3. The normalized spacial score (nSPS) is 14.6. The van der Waals surface area contributed by atoms with E-state index in [4.69, 9.17) is 37.7 Å². The van der Waals surface area contributed by atoms with Gasteiger partial charge in [-0.1, -0.05) is 59.6 Å². The molecular formula is C34H38Cl2N6O6. The summed E-state index contributed by atoms with van der Waals surface area (Å²) < 4.78 is 11.1. The van der Waals surface area contributed by atoms with Crippen molar-refractivity contribution in [3.05, 3.63) is 70.2 Å². The molecule has 0 aliphatic carbocycles. The molecule has 1 fully saturated rings. The molecule has 1 atom stereocenters. The molecule has 1 aliphatic rings. The van der Waals surface area contributed by atoms with Crippen LogP contribution in [0.1, 0.15) is 37.1 Å². The van der Waals surface area contributed by atoms with Gasteiger partial charge >= 0.3 is 0 Å². The van der Waals surface area contributed by atoms with Crippen LogP contribution in [0.15, 0.2) is 48.8 Å². The third-order valence-corrected chi connectivity index (χ3v) is 9.25. The van der Waals surface area contributed by atoms with Gasteiger partial charge in [-0.25, -0.2) is 9.97 Å². The number of rotatable bonds is 15. The van der Waals surface area contributed by atoms with Gasteiger partial charge in [-0.15, -0.1) is 0 Å². The number of aliphatic hydroxyl groups excluding tert-OH is 3. The molecule has 48 heavy (non-hydrogen) atoms. The summed E-state index contributed by atoms with van der Waals surface area (Å²) in [6, 6.07) is 11.3. The van der Waals surface area contributed by atoms with Gasteiger partial charge in [0.05, 0.1) is 73.4 Å². The standard InChI is InChI=1S/C34H38Cl2N6O6/c1-47-32-25(11-3-6-20-12-13-29(46)40-20)37-14-26(41-32)23-9-4-7-21(30(23)35)22-8-5-10-24(31(22)36)27-15-38-28(33(42-27)48-2)16-39-34(17-43,18-44)19-45/h4-5,7-10,14-15,20,39,43-45H,3,6,11-13,16-19H2,1-2H3,(H,40,46)/t20-/m1/s1. The first-order valence-corrected chi connectivity index (χ1v) is 16.3. The van der Waals surface area contributed by atoms with Gasteiger partial charge in [0.1, 0.15) is 11.4 Å². The fourth-order valence-corrected chi connectivity index (χ4v) is 6.20. The van der Waals surface area contributed by atoms with Gasteiger partial charge in [0, 0.05) is 41.3 Å². The summed E-state index contributed by atoms with van der Waals surface area (Å²) in [6.45, 7) is -1.36. The molecule has 14 heteroatoms. The molecule has 5 rings (SSSR count). The smallest absolute Gasteiger partial charge is 0.237 e. The monoisotopic (exact) mass is 696 g/mol. The number of nitrogens with zero attached hydrogens (tertiary/aromatic N) is 4. The summed E-state index contributed by atoms with van der Waals surface area (Å²) in [5.74, 6) is 0.743. The zero-order valence-electron chi connectivity index (χ0n) is 26.7. The van der Waals surface area contributed by atoms with Crippen LogP contribution in [-0.2, 0) is 17.8 Å². The highest BCUT2D eigenvalue weighted by Crippen LogP contribution is 2.42. The number of ether oxygens (including phenoxy) is 2. The molecule has 4 aromatic rings. The summed E-state index contributed by atoms with van der Waals surface area (Å²) >= 11 is 14.0. The lowest BCUT2D eigenvalue weighted by Crippen LogP contribution is -2.54. The van der Waals surface area contributed by atoms with Crippen LogP contribution >= 0.6 is 23.2 Å². The van der Waals surface area contributed by atoms with Crippen LogP contribution in [0.3, 0.4) is 0 Å². The number of nitrogens with one attached hydrogen (secondary N) is 2. The summed E-state index contributed by atoms with van der Waals surface area (Å²) in [4.78, 5) is 30.0. The highest BCUT2D eigenvalue weighted by Gasteiger charge is 2.28.